The molecule has 0 N–H and O–H groups in total. The van der Waals surface area contributed by atoms with Gasteiger partial charge in [-0.1, -0.05) is 144 Å². The van der Waals surface area contributed by atoms with Crippen LogP contribution in [-0.4, -0.2) is 4.70 Å². The Morgan fingerprint density at radius 3 is 0.980 bits per heavy atom. The number of allylic oxidation sites excluding steroid dienone is 2. The van der Waals surface area contributed by atoms with E-state index in [4.69, 9.17) is 0 Å². The summed E-state index contributed by atoms with van der Waals surface area (Å²) in [4.78, 5) is 0. The minimum Gasteiger partial charge on any atom is -0.493 e. The van der Waals surface area contributed by atoms with Gasteiger partial charge in [0.1, 0.15) is 0 Å². The fourth-order valence-electron chi connectivity index (χ4n) is 7.91. The van der Waals surface area contributed by atoms with Gasteiger partial charge in [0.25, 0.3) is 0 Å². The number of hydrogen-bond acceptors (Lipinski definition) is 0. The van der Waals surface area contributed by atoms with Crippen molar-refractivity contribution in [2.45, 2.75) is 208 Å². The van der Waals surface area contributed by atoms with Gasteiger partial charge in [0.05, 0.1) is 0 Å². The molecule has 0 amide bonds. The molecule has 0 saturated heterocycles. The molecule has 0 aromatic heterocycles. The number of rotatable bonds is 28. The summed E-state index contributed by atoms with van der Waals surface area (Å²) >= 11 is 0. The second-order valence-electron chi connectivity index (χ2n) is 15.5. The zero-order chi connectivity index (χ0) is 36.0. The van der Waals surface area contributed by atoms with E-state index in [0.29, 0.717) is 0 Å². The zero-order valence-electron chi connectivity index (χ0n) is 34.1. The number of hydrogen-bond donors (Lipinski definition) is 0. The maximum Gasteiger partial charge on any atom is 0.211 e. The van der Waals surface area contributed by atoms with Crippen molar-refractivity contribution in [1.82, 2.24) is 0 Å². The molecule has 3 rings (SSSR count). The Labute approximate surface area is 326 Å². The summed E-state index contributed by atoms with van der Waals surface area (Å²) < 4.78 is 1.68. The Kier molecular flexibility index (Phi) is 23.7. The van der Waals surface area contributed by atoms with Crippen molar-refractivity contribution in [2.75, 3.05) is 0 Å². The second-order valence-corrected chi connectivity index (χ2v) is 15.5. The SMILES string of the molecule is CCCCCCCCC1=C(c2cc(CCCCC)cc(CCCCC)c2)[N+](=[N-])C(c2cc(CCCCC)cc(CCCCC)c2)=C1CCCC.[Ni]. The van der Waals surface area contributed by atoms with Gasteiger partial charge in [-0.15, -0.1) is 0 Å². The van der Waals surface area contributed by atoms with Crippen LogP contribution in [0.15, 0.2) is 47.5 Å². The van der Waals surface area contributed by atoms with Crippen molar-refractivity contribution in [3.8, 4) is 0 Å². The van der Waals surface area contributed by atoms with Crippen LogP contribution in [0.25, 0.3) is 16.9 Å². The van der Waals surface area contributed by atoms with Crippen molar-refractivity contribution in [3.63, 3.8) is 0 Å². The number of benzene rings is 2. The topological polar surface area (TPSA) is 25.3 Å². The second kappa shape index (κ2) is 26.7. The molecule has 0 aliphatic carbocycles. The van der Waals surface area contributed by atoms with Crippen LogP contribution < -0.4 is 0 Å². The monoisotopic (exact) mass is 739 g/mol. The molecule has 2 aromatic carbocycles. The van der Waals surface area contributed by atoms with E-state index in [0.717, 1.165) is 62.8 Å². The molecule has 0 radical (unpaired) electrons. The van der Waals surface area contributed by atoms with Gasteiger partial charge in [-0.25, -0.2) is 4.70 Å². The zero-order valence-corrected chi connectivity index (χ0v) is 35.0. The third kappa shape index (κ3) is 15.1. The standard InChI is InChI=1S/C48H76N2.Ni/c1-7-13-19-20-21-26-32-46-45(31-18-12-6)47(43-35-39(27-22-14-8-2)33-40(36-43)28-23-15-9-3)50(49)48(46)44-37-41(29-24-16-10-4)34-42(38-44)30-25-17-11-5;/h33-38H,7-32H2,1-6H3;. The van der Waals surface area contributed by atoms with Crippen molar-refractivity contribution in [1.29, 1.82) is 0 Å². The van der Waals surface area contributed by atoms with Crippen LogP contribution in [0.5, 0.6) is 0 Å². The van der Waals surface area contributed by atoms with Gasteiger partial charge in [0.2, 0.25) is 11.4 Å². The molecule has 288 valence electrons. The van der Waals surface area contributed by atoms with E-state index in [9.17, 15) is 5.53 Å². The molecule has 2 aromatic rings. The predicted octanol–water partition coefficient (Wildman–Crippen LogP) is 15.7. The number of nitrogens with zero attached hydrogens (tertiary/aromatic N) is 2. The summed E-state index contributed by atoms with van der Waals surface area (Å²) in [6.07, 6.45) is 31.6. The quantitative estimate of drug-likeness (QED) is 0.0472. The van der Waals surface area contributed by atoms with Crippen LogP contribution in [0.1, 0.15) is 216 Å². The van der Waals surface area contributed by atoms with E-state index in [1.165, 1.54) is 160 Å². The summed E-state index contributed by atoms with van der Waals surface area (Å²) in [5.41, 5.74) is 25.8. The van der Waals surface area contributed by atoms with E-state index in [2.05, 4.69) is 77.9 Å². The molecule has 0 bridgehead atoms. The van der Waals surface area contributed by atoms with Gasteiger partial charge < -0.3 is 5.53 Å². The molecule has 2 nitrogen and oxygen atoms in total. The molecule has 0 spiro atoms. The first-order chi connectivity index (χ1) is 24.5. The minimum atomic E-state index is 0. The predicted molar refractivity (Wildman–Crippen MR) is 221 cm³/mol. The van der Waals surface area contributed by atoms with Crippen LogP contribution in [-0.2, 0) is 42.2 Å². The van der Waals surface area contributed by atoms with Gasteiger partial charge in [0.15, 0.2) is 0 Å². The maximum atomic E-state index is 12.6. The summed E-state index contributed by atoms with van der Waals surface area (Å²) in [6, 6.07) is 14.7. The Morgan fingerprint density at radius 1 is 0.353 bits per heavy atom. The smallest absolute Gasteiger partial charge is 0.211 e. The van der Waals surface area contributed by atoms with Crippen molar-refractivity contribution < 1.29 is 21.2 Å². The summed E-state index contributed by atoms with van der Waals surface area (Å²) in [7, 11) is 0. The van der Waals surface area contributed by atoms with Crippen LogP contribution >= 0.6 is 0 Å². The summed E-state index contributed by atoms with van der Waals surface area (Å²) in [6.45, 7) is 13.8. The molecule has 0 unspecified atom stereocenters. The minimum absolute atomic E-state index is 0. The Morgan fingerprint density at radius 2 is 0.627 bits per heavy atom. The first kappa shape index (κ1) is 45.2. The fraction of sp³-hybridized carbons (Fsp3) is 0.667. The molecular formula is C48H76N2Ni. The van der Waals surface area contributed by atoms with Gasteiger partial charge in [-0.2, -0.15) is 0 Å². The van der Waals surface area contributed by atoms with Crippen molar-refractivity contribution in [3.05, 3.63) is 86.5 Å². The molecule has 1 aliphatic rings. The van der Waals surface area contributed by atoms with E-state index in [-0.39, 0.29) is 16.5 Å². The fourth-order valence-corrected chi connectivity index (χ4v) is 7.91. The van der Waals surface area contributed by atoms with Gasteiger partial charge in [0, 0.05) is 38.8 Å². The average Bonchev–Trinajstić information content (AvgIpc) is 3.39. The average molecular weight is 740 g/mol. The van der Waals surface area contributed by atoms with Crippen LogP contribution in [0.4, 0.5) is 0 Å². The first-order valence-electron chi connectivity index (χ1n) is 21.7. The van der Waals surface area contributed by atoms with E-state index in [1.807, 2.05) is 0 Å². The molecule has 0 fully saturated rings. The van der Waals surface area contributed by atoms with Gasteiger partial charge >= 0.3 is 0 Å². The Bertz CT molecular complexity index is 1290. The summed E-state index contributed by atoms with van der Waals surface area (Å²) in [5.74, 6) is 0. The first-order valence-corrected chi connectivity index (χ1v) is 21.7. The molecule has 1 aliphatic heterocycles. The Hall–Kier alpha value is -1.99. The molecule has 1 heterocycles. The molecule has 51 heavy (non-hydrogen) atoms. The van der Waals surface area contributed by atoms with Crippen LogP contribution in [0.2, 0.25) is 0 Å². The molecule has 3 heteroatoms. The summed E-state index contributed by atoms with van der Waals surface area (Å²) in [5, 5.41) is 0. The van der Waals surface area contributed by atoms with Crippen LogP contribution in [0.3, 0.4) is 0 Å². The van der Waals surface area contributed by atoms with Gasteiger partial charge in [-0.05, 0) is 124 Å². The molecular weight excluding hydrogens is 663 g/mol. The van der Waals surface area contributed by atoms with E-state index in [1.54, 1.807) is 4.70 Å². The van der Waals surface area contributed by atoms with Crippen LogP contribution in [0, 0.1) is 0 Å². The number of aryl methyl sites for hydroxylation is 4. The third-order valence-electron chi connectivity index (χ3n) is 10.8. The number of unbranched alkanes of at least 4 members (excludes halogenated alkanes) is 14. The molecule has 0 saturated carbocycles. The maximum absolute atomic E-state index is 12.6. The normalized spacial score (nSPS) is 13.1. The third-order valence-corrected chi connectivity index (χ3v) is 10.8. The van der Waals surface area contributed by atoms with E-state index >= 15 is 0 Å². The largest absolute Gasteiger partial charge is 0.493 e. The van der Waals surface area contributed by atoms with E-state index < -0.39 is 0 Å². The van der Waals surface area contributed by atoms with Gasteiger partial charge in [-0.3, -0.25) is 0 Å². The van der Waals surface area contributed by atoms with Crippen molar-refractivity contribution >= 4 is 11.4 Å². The Balaban J connectivity index is 0.00000901. The molecule has 0 atom stereocenters. The van der Waals surface area contributed by atoms with Crippen molar-refractivity contribution in [2.24, 2.45) is 0 Å².